The van der Waals surface area contributed by atoms with Crippen molar-refractivity contribution in [2.75, 3.05) is 11.9 Å². The monoisotopic (exact) mass is 457 g/mol. The number of benzene rings is 3. The van der Waals surface area contributed by atoms with Gasteiger partial charge in [-0.2, -0.15) is 0 Å². The molecule has 170 valence electrons. The number of rotatable bonds is 7. The molecule has 0 aliphatic carbocycles. The van der Waals surface area contributed by atoms with Gasteiger partial charge >= 0.3 is 5.97 Å². The first-order chi connectivity index (χ1) is 16.4. The number of nitrogens with one attached hydrogen (secondary N) is 1. The Labute approximate surface area is 194 Å². The van der Waals surface area contributed by atoms with Gasteiger partial charge in [-0.15, -0.1) is 5.10 Å². The fourth-order valence-electron chi connectivity index (χ4n) is 3.26. The molecule has 4 rings (SSSR count). The van der Waals surface area contributed by atoms with Crippen molar-refractivity contribution in [3.63, 3.8) is 0 Å². The van der Waals surface area contributed by atoms with E-state index >= 15 is 0 Å². The molecule has 10 heteroatoms. The van der Waals surface area contributed by atoms with Crippen molar-refractivity contribution in [2.45, 2.75) is 6.92 Å². The summed E-state index contributed by atoms with van der Waals surface area (Å²) in [7, 11) is 0. The number of nitro groups is 1. The zero-order valence-electron chi connectivity index (χ0n) is 18.0. The predicted octanol–water partition coefficient (Wildman–Crippen LogP) is 3.95. The second kappa shape index (κ2) is 9.74. The Hall–Kier alpha value is -4.86. The van der Waals surface area contributed by atoms with E-state index in [4.69, 9.17) is 4.74 Å². The van der Waals surface area contributed by atoms with Crippen LogP contribution < -0.4 is 5.32 Å². The largest absolute Gasteiger partial charge is 0.450 e. The normalized spacial score (nSPS) is 10.5. The molecule has 0 bridgehead atoms. The first-order valence-corrected chi connectivity index (χ1v) is 10.2. The molecule has 10 nitrogen and oxygen atoms in total. The predicted molar refractivity (Wildman–Crippen MR) is 124 cm³/mol. The van der Waals surface area contributed by atoms with Crippen molar-refractivity contribution in [3.05, 3.63) is 100 Å². The lowest BCUT2D eigenvalue weighted by Crippen LogP contribution is -2.22. The molecule has 0 radical (unpaired) electrons. The van der Waals surface area contributed by atoms with E-state index in [-0.39, 0.29) is 17.2 Å². The van der Waals surface area contributed by atoms with Crippen LogP contribution in [0, 0.1) is 17.0 Å². The molecule has 34 heavy (non-hydrogen) atoms. The van der Waals surface area contributed by atoms with Crippen LogP contribution in [0.5, 0.6) is 0 Å². The molecule has 0 saturated carbocycles. The number of nitro benzene ring substituents is 1. The summed E-state index contributed by atoms with van der Waals surface area (Å²) in [6, 6.07) is 22.7. The van der Waals surface area contributed by atoms with E-state index in [0.29, 0.717) is 17.1 Å². The highest BCUT2D eigenvalue weighted by molar-refractivity contribution is 5.95. The third kappa shape index (κ3) is 4.80. The van der Waals surface area contributed by atoms with E-state index in [0.717, 1.165) is 5.56 Å². The van der Waals surface area contributed by atoms with Crippen molar-refractivity contribution in [1.82, 2.24) is 14.8 Å². The smallest absolute Gasteiger partial charge is 0.378 e. The number of carbonyl (C=O) groups excluding carboxylic acids is 2. The van der Waals surface area contributed by atoms with Gasteiger partial charge in [-0.05, 0) is 25.1 Å². The van der Waals surface area contributed by atoms with E-state index in [1.54, 1.807) is 0 Å². The molecule has 0 atom stereocenters. The van der Waals surface area contributed by atoms with Crippen molar-refractivity contribution in [1.29, 1.82) is 0 Å². The molecule has 0 unspecified atom stereocenters. The minimum atomic E-state index is -0.877. The van der Waals surface area contributed by atoms with Gasteiger partial charge in [0.05, 0.1) is 21.9 Å². The Bertz CT molecular complexity index is 1300. The summed E-state index contributed by atoms with van der Waals surface area (Å²) >= 11 is 0. The Morgan fingerprint density at radius 3 is 2.35 bits per heavy atom. The molecule has 1 N–H and O–H groups in total. The molecule has 1 aromatic heterocycles. The molecular weight excluding hydrogens is 438 g/mol. The molecule has 4 aromatic rings. The maximum atomic E-state index is 12.6. The lowest BCUT2D eigenvalue weighted by atomic mass is 10.1. The second-order valence-electron chi connectivity index (χ2n) is 7.20. The van der Waals surface area contributed by atoms with Gasteiger partial charge in [-0.25, -0.2) is 14.5 Å². The van der Waals surface area contributed by atoms with Crippen LogP contribution in [-0.4, -0.2) is 38.2 Å². The number of anilines is 1. The fraction of sp³-hybridized carbons (Fsp3) is 0.0833. The van der Waals surface area contributed by atoms with Gasteiger partial charge in [0.15, 0.2) is 12.4 Å². The standard InChI is InChI=1S/C24H19N5O5/c1-16-19(13-8-14-20(16)29(32)33)25-21(30)15-34-24(31)22-26-23(17-9-4-2-5-10-17)28(27-22)18-11-6-3-7-12-18/h2-14H,15H2,1H3,(H,25,30). The molecular formula is C24H19N5O5. The third-order valence-electron chi connectivity index (χ3n) is 4.93. The van der Waals surface area contributed by atoms with Crippen LogP contribution in [0.1, 0.15) is 16.2 Å². The SMILES string of the molecule is Cc1c(NC(=O)COC(=O)c2nc(-c3ccccc3)n(-c3ccccc3)n2)cccc1[N+](=O)[O-]. The van der Waals surface area contributed by atoms with Crippen LogP contribution >= 0.6 is 0 Å². The van der Waals surface area contributed by atoms with Crippen LogP contribution in [-0.2, 0) is 9.53 Å². The summed E-state index contributed by atoms with van der Waals surface area (Å²) in [5.41, 5.74) is 1.87. The number of para-hydroxylation sites is 1. The summed E-state index contributed by atoms with van der Waals surface area (Å²) in [4.78, 5) is 39.8. The molecule has 1 heterocycles. The van der Waals surface area contributed by atoms with E-state index in [1.807, 2.05) is 60.7 Å². The van der Waals surface area contributed by atoms with E-state index < -0.39 is 23.4 Å². The third-order valence-corrected chi connectivity index (χ3v) is 4.93. The van der Waals surface area contributed by atoms with Gasteiger partial charge < -0.3 is 10.1 Å². The number of aromatic nitrogens is 3. The quantitative estimate of drug-likeness (QED) is 0.253. The lowest BCUT2D eigenvalue weighted by Gasteiger charge is -2.08. The van der Waals surface area contributed by atoms with E-state index in [1.165, 1.54) is 29.8 Å². The fourth-order valence-corrected chi connectivity index (χ4v) is 3.26. The van der Waals surface area contributed by atoms with Gasteiger partial charge in [0.1, 0.15) is 0 Å². The molecule has 0 aliphatic rings. The number of ether oxygens (including phenoxy) is 1. The average Bonchev–Trinajstić information content (AvgIpc) is 3.30. The van der Waals surface area contributed by atoms with Crippen molar-refractivity contribution in [3.8, 4) is 17.1 Å². The zero-order chi connectivity index (χ0) is 24.1. The molecule has 0 saturated heterocycles. The first kappa shape index (κ1) is 22.3. The van der Waals surface area contributed by atoms with Crippen LogP contribution in [0.25, 0.3) is 17.1 Å². The van der Waals surface area contributed by atoms with Gasteiger partial charge in [0.25, 0.3) is 17.4 Å². The van der Waals surface area contributed by atoms with Gasteiger partial charge in [0.2, 0.25) is 0 Å². The number of amides is 1. The first-order valence-electron chi connectivity index (χ1n) is 10.2. The molecule has 0 aliphatic heterocycles. The lowest BCUT2D eigenvalue weighted by molar-refractivity contribution is -0.385. The van der Waals surface area contributed by atoms with E-state index in [9.17, 15) is 19.7 Å². The summed E-state index contributed by atoms with van der Waals surface area (Å²) < 4.78 is 6.62. The van der Waals surface area contributed by atoms with Crippen LogP contribution in [0.15, 0.2) is 78.9 Å². The summed E-state index contributed by atoms with van der Waals surface area (Å²) in [6.07, 6.45) is 0. The Morgan fingerprint density at radius 2 is 1.68 bits per heavy atom. The summed E-state index contributed by atoms with van der Waals surface area (Å²) in [5.74, 6) is -1.29. The molecule has 1 amide bonds. The highest BCUT2D eigenvalue weighted by atomic mass is 16.6. The Balaban J connectivity index is 1.51. The van der Waals surface area contributed by atoms with Crippen molar-refractivity contribution < 1.29 is 19.2 Å². The number of nitrogens with zero attached hydrogens (tertiary/aromatic N) is 4. The summed E-state index contributed by atoms with van der Waals surface area (Å²) in [6.45, 7) is 0.909. The Morgan fingerprint density at radius 1 is 1.00 bits per heavy atom. The highest BCUT2D eigenvalue weighted by Gasteiger charge is 2.21. The Kier molecular flexibility index (Phi) is 6.40. The van der Waals surface area contributed by atoms with Crippen molar-refractivity contribution >= 4 is 23.3 Å². The number of esters is 1. The van der Waals surface area contributed by atoms with Gasteiger partial charge in [0, 0.05) is 11.6 Å². The topological polar surface area (TPSA) is 129 Å². The second-order valence-corrected chi connectivity index (χ2v) is 7.20. The minimum absolute atomic E-state index is 0.126. The zero-order valence-corrected chi connectivity index (χ0v) is 18.0. The molecule has 0 spiro atoms. The van der Waals surface area contributed by atoms with E-state index in [2.05, 4.69) is 15.4 Å². The highest BCUT2D eigenvalue weighted by Crippen LogP contribution is 2.25. The van der Waals surface area contributed by atoms with Gasteiger partial charge in [-0.3, -0.25) is 14.9 Å². The van der Waals surface area contributed by atoms with Gasteiger partial charge in [-0.1, -0.05) is 54.6 Å². The molecule has 3 aromatic carbocycles. The maximum Gasteiger partial charge on any atom is 0.378 e. The maximum absolute atomic E-state index is 12.6. The molecule has 0 fully saturated rings. The van der Waals surface area contributed by atoms with Crippen LogP contribution in [0.4, 0.5) is 11.4 Å². The number of hydrogen-bond donors (Lipinski definition) is 1. The summed E-state index contributed by atoms with van der Waals surface area (Å²) in [5, 5.41) is 17.9. The minimum Gasteiger partial charge on any atom is -0.450 e. The van der Waals surface area contributed by atoms with Crippen LogP contribution in [0.2, 0.25) is 0 Å². The van der Waals surface area contributed by atoms with Crippen LogP contribution in [0.3, 0.4) is 0 Å². The number of carbonyl (C=O) groups is 2. The average molecular weight is 457 g/mol. The number of hydrogen-bond acceptors (Lipinski definition) is 7. The van der Waals surface area contributed by atoms with Crippen molar-refractivity contribution in [2.24, 2.45) is 0 Å².